The van der Waals surface area contributed by atoms with Gasteiger partial charge in [-0.1, -0.05) is 57.0 Å². The molecular weight excluding hydrogens is 250 g/mol. The molecule has 1 rings (SSSR count). The summed E-state index contributed by atoms with van der Waals surface area (Å²) in [6.07, 6.45) is 3.29. The van der Waals surface area contributed by atoms with Gasteiger partial charge in [0.2, 0.25) is 0 Å². The van der Waals surface area contributed by atoms with Crippen LogP contribution in [-0.2, 0) is 11.3 Å². The third kappa shape index (κ3) is 9.08. The lowest BCUT2D eigenvalue weighted by atomic mass is 10.1. The second-order valence-electron chi connectivity index (χ2n) is 5.75. The molecule has 1 atom stereocenters. The van der Waals surface area contributed by atoms with Gasteiger partial charge in [0, 0.05) is 6.54 Å². The first kappa shape index (κ1) is 17.2. The summed E-state index contributed by atoms with van der Waals surface area (Å²) in [5.41, 5.74) is 1.14. The largest absolute Gasteiger partial charge is 0.389 e. The van der Waals surface area contributed by atoms with Crippen molar-refractivity contribution in [1.29, 1.82) is 0 Å². The van der Waals surface area contributed by atoms with Gasteiger partial charge in [0.25, 0.3) is 0 Å². The van der Waals surface area contributed by atoms with E-state index in [1.807, 2.05) is 30.3 Å². The Morgan fingerprint density at radius 1 is 1.15 bits per heavy atom. The van der Waals surface area contributed by atoms with Crippen LogP contribution in [0.15, 0.2) is 30.3 Å². The van der Waals surface area contributed by atoms with Crippen LogP contribution in [0.25, 0.3) is 0 Å². The molecule has 0 aliphatic rings. The molecule has 0 spiro atoms. The minimum absolute atomic E-state index is 0.383. The van der Waals surface area contributed by atoms with Crippen molar-refractivity contribution in [2.75, 3.05) is 19.7 Å². The molecule has 0 fully saturated rings. The Balaban J connectivity index is 1.94. The molecule has 0 aliphatic heterocycles. The first-order chi connectivity index (χ1) is 9.68. The van der Waals surface area contributed by atoms with Gasteiger partial charge in [-0.3, -0.25) is 0 Å². The highest BCUT2D eigenvalue weighted by Gasteiger charge is 2.03. The fourth-order valence-corrected chi connectivity index (χ4v) is 2.02. The summed E-state index contributed by atoms with van der Waals surface area (Å²) < 4.78 is 5.50. The molecule has 1 aromatic carbocycles. The van der Waals surface area contributed by atoms with Gasteiger partial charge in [-0.2, -0.15) is 0 Å². The zero-order valence-electron chi connectivity index (χ0n) is 12.8. The third-order valence-electron chi connectivity index (χ3n) is 3.19. The van der Waals surface area contributed by atoms with E-state index in [4.69, 9.17) is 4.74 Å². The van der Waals surface area contributed by atoms with Crippen LogP contribution in [-0.4, -0.2) is 30.9 Å². The summed E-state index contributed by atoms with van der Waals surface area (Å²) in [6.45, 7) is 7.03. The van der Waals surface area contributed by atoms with E-state index in [-0.39, 0.29) is 0 Å². The van der Waals surface area contributed by atoms with E-state index in [0.717, 1.165) is 18.0 Å². The number of hydrogen-bond acceptors (Lipinski definition) is 3. The first-order valence-electron chi connectivity index (χ1n) is 7.69. The van der Waals surface area contributed by atoms with E-state index in [1.54, 1.807) is 0 Å². The summed E-state index contributed by atoms with van der Waals surface area (Å²) in [4.78, 5) is 0. The van der Waals surface area contributed by atoms with Crippen LogP contribution in [0.2, 0.25) is 0 Å². The van der Waals surface area contributed by atoms with E-state index in [2.05, 4.69) is 19.2 Å². The molecule has 1 unspecified atom stereocenters. The fraction of sp³-hybridized carbons (Fsp3) is 0.647. The molecular formula is C17H29NO2. The lowest BCUT2D eigenvalue weighted by Gasteiger charge is -2.12. The number of ether oxygens (including phenoxy) is 1. The molecule has 0 amide bonds. The predicted molar refractivity (Wildman–Crippen MR) is 83.7 cm³/mol. The minimum atomic E-state index is -0.427. The van der Waals surface area contributed by atoms with Crippen LogP contribution in [0, 0.1) is 5.92 Å². The Hall–Kier alpha value is -0.900. The highest BCUT2D eigenvalue weighted by molar-refractivity contribution is 5.13. The summed E-state index contributed by atoms with van der Waals surface area (Å²) in [6, 6.07) is 10.0. The lowest BCUT2D eigenvalue weighted by Crippen LogP contribution is -2.31. The number of aliphatic hydroxyl groups excluding tert-OH is 1. The van der Waals surface area contributed by atoms with Gasteiger partial charge in [-0.15, -0.1) is 0 Å². The molecule has 0 aromatic heterocycles. The quantitative estimate of drug-likeness (QED) is 0.612. The Labute approximate surface area is 123 Å². The highest BCUT2D eigenvalue weighted by Crippen LogP contribution is 2.05. The summed E-state index contributed by atoms with van der Waals surface area (Å²) in [5, 5.41) is 13.1. The Morgan fingerprint density at radius 3 is 2.60 bits per heavy atom. The van der Waals surface area contributed by atoms with Gasteiger partial charge in [0.05, 0.1) is 19.3 Å². The van der Waals surface area contributed by atoms with Crippen molar-refractivity contribution in [2.24, 2.45) is 5.92 Å². The van der Waals surface area contributed by atoms with Gasteiger partial charge in [-0.25, -0.2) is 0 Å². The number of hydrogen-bond donors (Lipinski definition) is 2. The van der Waals surface area contributed by atoms with Crippen molar-refractivity contribution in [3.63, 3.8) is 0 Å². The molecule has 20 heavy (non-hydrogen) atoms. The Bertz CT molecular complexity index is 327. The zero-order chi connectivity index (χ0) is 14.6. The van der Waals surface area contributed by atoms with Gasteiger partial charge in [0.15, 0.2) is 0 Å². The third-order valence-corrected chi connectivity index (χ3v) is 3.19. The van der Waals surface area contributed by atoms with Crippen LogP contribution in [0.1, 0.15) is 38.7 Å². The molecule has 0 saturated heterocycles. The molecule has 114 valence electrons. The van der Waals surface area contributed by atoms with E-state index in [9.17, 15) is 5.11 Å². The van der Waals surface area contributed by atoms with Gasteiger partial charge in [-0.05, 0) is 24.4 Å². The summed E-state index contributed by atoms with van der Waals surface area (Å²) in [5.74, 6) is 0.784. The normalized spacial score (nSPS) is 12.8. The zero-order valence-corrected chi connectivity index (χ0v) is 12.8. The van der Waals surface area contributed by atoms with Crippen LogP contribution >= 0.6 is 0 Å². The van der Waals surface area contributed by atoms with E-state index < -0.39 is 6.10 Å². The number of benzene rings is 1. The second kappa shape index (κ2) is 10.8. The summed E-state index contributed by atoms with van der Waals surface area (Å²) in [7, 11) is 0. The van der Waals surface area contributed by atoms with Gasteiger partial charge >= 0.3 is 0 Å². The Kier molecular flexibility index (Phi) is 9.29. The van der Waals surface area contributed by atoms with Crippen molar-refractivity contribution in [3.8, 4) is 0 Å². The minimum Gasteiger partial charge on any atom is -0.389 e. The maximum atomic E-state index is 9.78. The molecule has 2 N–H and O–H groups in total. The smallest absolute Gasteiger partial charge is 0.0897 e. The number of unbranched alkanes of at least 4 members (excludes halogenated alkanes) is 1. The SMILES string of the molecule is CC(C)CCCCNCC(O)COCc1ccccc1. The lowest BCUT2D eigenvalue weighted by molar-refractivity contribution is 0.0289. The molecule has 1 aromatic rings. The maximum Gasteiger partial charge on any atom is 0.0897 e. The molecule has 0 radical (unpaired) electrons. The highest BCUT2D eigenvalue weighted by atomic mass is 16.5. The summed E-state index contributed by atoms with van der Waals surface area (Å²) >= 11 is 0. The van der Waals surface area contributed by atoms with Crippen molar-refractivity contribution < 1.29 is 9.84 Å². The standard InChI is InChI=1S/C17H29NO2/c1-15(2)8-6-7-11-18-12-17(19)14-20-13-16-9-4-3-5-10-16/h3-5,9-10,15,17-19H,6-8,11-14H2,1-2H3. The average molecular weight is 279 g/mol. The topological polar surface area (TPSA) is 41.5 Å². The van der Waals surface area contributed by atoms with Crippen LogP contribution in [0.3, 0.4) is 0 Å². The predicted octanol–water partition coefficient (Wildman–Crippen LogP) is 2.98. The van der Waals surface area contributed by atoms with Gasteiger partial charge in [0.1, 0.15) is 0 Å². The molecule has 0 bridgehead atoms. The fourth-order valence-electron chi connectivity index (χ4n) is 2.02. The van der Waals surface area contributed by atoms with E-state index in [1.165, 1.54) is 19.3 Å². The van der Waals surface area contributed by atoms with Crippen molar-refractivity contribution in [3.05, 3.63) is 35.9 Å². The van der Waals surface area contributed by atoms with Crippen molar-refractivity contribution >= 4 is 0 Å². The molecule has 0 aliphatic carbocycles. The molecule has 0 heterocycles. The van der Waals surface area contributed by atoms with E-state index >= 15 is 0 Å². The van der Waals surface area contributed by atoms with E-state index in [0.29, 0.717) is 19.8 Å². The van der Waals surface area contributed by atoms with Crippen LogP contribution in [0.4, 0.5) is 0 Å². The van der Waals surface area contributed by atoms with Gasteiger partial charge < -0.3 is 15.2 Å². The molecule has 0 saturated carbocycles. The first-order valence-corrected chi connectivity index (χ1v) is 7.69. The number of rotatable bonds is 11. The number of aliphatic hydroxyl groups is 1. The van der Waals surface area contributed by atoms with Crippen molar-refractivity contribution in [1.82, 2.24) is 5.32 Å². The monoisotopic (exact) mass is 279 g/mol. The molecule has 3 heteroatoms. The second-order valence-corrected chi connectivity index (χ2v) is 5.75. The van der Waals surface area contributed by atoms with Crippen LogP contribution < -0.4 is 5.32 Å². The van der Waals surface area contributed by atoms with Crippen LogP contribution in [0.5, 0.6) is 0 Å². The van der Waals surface area contributed by atoms with Crippen molar-refractivity contribution in [2.45, 2.75) is 45.8 Å². The Morgan fingerprint density at radius 2 is 1.90 bits per heavy atom. The molecule has 3 nitrogen and oxygen atoms in total. The average Bonchev–Trinajstić information content (AvgIpc) is 2.43. The number of nitrogens with one attached hydrogen (secondary N) is 1. The maximum absolute atomic E-state index is 9.78.